The van der Waals surface area contributed by atoms with Crippen LogP contribution in [0.1, 0.15) is 23.1 Å². The number of pyridine rings is 1. The van der Waals surface area contributed by atoms with Crippen LogP contribution in [0.5, 0.6) is 0 Å². The van der Waals surface area contributed by atoms with Crippen LogP contribution in [0, 0.1) is 5.82 Å². The Morgan fingerprint density at radius 2 is 1.89 bits per heavy atom. The van der Waals surface area contributed by atoms with Gasteiger partial charge < -0.3 is 5.32 Å². The van der Waals surface area contributed by atoms with Gasteiger partial charge >= 0.3 is 5.69 Å². The summed E-state index contributed by atoms with van der Waals surface area (Å²) in [7, 11) is 0. The molecule has 0 aliphatic heterocycles. The van der Waals surface area contributed by atoms with Gasteiger partial charge in [0.15, 0.2) is 0 Å². The molecule has 1 amide bonds. The van der Waals surface area contributed by atoms with Crippen molar-refractivity contribution in [3.63, 3.8) is 0 Å². The Hall–Kier alpha value is -3.62. The zero-order chi connectivity index (χ0) is 19.4. The molecule has 0 saturated carbocycles. The Morgan fingerprint density at radius 1 is 1.15 bits per heavy atom. The van der Waals surface area contributed by atoms with Crippen LogP contribution in [0.2, 0.25) is 0 Å². The molecule has 0 aliphatic carbocycles. The van der Waals surface area contributed by atoms with Gasteiger partial charge in [-0.15, -0.1) is 0 Å². The Bertz CT molecular complexity index is 1090. The maximum Gasteiger partial charge on any atom is 0.352 e. The molecule has 1 N–H and O–H groups in total. The van der Waals surface area contributed by atoms with E-state index in [-0.39, 0.29) is 18.8 Å². The molecule has 3 rings (SSSR count). The lowest BCUT2D eigenvalue weighted by Gasteiger charge is -2.11. The van der Waals surface area contributed by atoms with E-state index in [4.69, 9.17) is 0 Å². The largest absolute Gasteiger partial charge is 0.352 e. The summed E-state index contributed by atoms with van der Waals surface area (Å²) in [5.74, 6) is -1.48. The second-order valence-corrected chi connectivity index (χ2v) is 5.55. The van der Waals surface area contributed by atoms with E-state index in [0.29, 0.717) is 5.69 Å². The lowest BCUT2D eigenvalue weighted by Crippen LogP contribution is -2.45. The Labute approximate surface area is 152 Å². The Balaban J connectivity index is 2.04. The fourth-order valence-corrected chi connectivity index (χ4v) is 2.47. The molecule has 2 heterocycles. The van der Waals surface area contributed by atoms with Crippen molar-refractivity contribution in [2.24, 2.45) is 0 Å². The highest BCUT2D eigenvalue weighted by molar-refractivity contribution is 5.91. The summed E-state index contributed by atoms with van der Waals surface area (Å²) in [6.45, 7) is 1.66. The van der Waals surface area contributed by atoms with Crippen molar-refractivity contribution in [3.05, 3.63) is 86.7 Å². The highest BCUT2D eigenvalue weighted by Crippen LogP contribution is 2.08. The molecule has 0 saturated heterocycles. The number of amides is 1. The fraction of sp³-hybridized carbons (Fsp3) is 0.167. The number of rotatable bonds is 5. The van der Waals surface area contributed by atoms with Crippen LogP contribution in [-0.4, -0.2) is 25.2 Å². The molecule has 27 heavy (non-hydrogen) atoms. The van der Waals surface area contributed by atoms with Crippen LogP contribution in [0.25, 0.3) is 5.69 Å². The molecule has 3 aromatic rings. The van der Waals surface area contributed by atoms with E-state index in [2.05, 4.69) is 15.4 Å². The first-order valence-corrected chi connectivity index (χ1v) is 8.20. The zero-order valence-corrected chi connectivity index (χ0v) is 14.4. The fourth-order valence-electron chi connectivity index (χ4n) is 2.47. The Morgan fingerprint density at radius 3 is 2.56 bits per heavy atom. The predicted molar refractivity (Wildman–Crippen MR) is 95.1 cm³/mol. The topological polar surface area (TPSA) is 98.9 Å². The Kier molecular flexibility index (Phi) is 5.20. The van der Waals surface area contributed by atoms with E-state index in [1.807, 2.05) is 0 Å². The minimum absolute atomic E-state index is 0.00909. The molecule has 0 spiro atoms. The lowest BCUT2D eigenvalue weighted by molar-refractivity contribution is 0.0940. The van der Waals surface area contributed by atoms with Crippen molar-refractivity contribution < 1.29 is 9.18 Å². The maximum absolute atomic E-state index is 14.1. The summed E-state index contributed by atoms with van der Waals surface area (Å²) in [6.07, 6.45) is 1.57. The first kappa shape index (κ1) is 18.2. The third-order valence-corrected chi connectivity index (χ3v) is 3.83. The van der Waals surface area contributed by atoms with E-state index in [1.54, 1.807) is 31.3 Å². The summed E-state index contributed by atoms with van der Waals surface area (Å²) < 4.78 is 15.6. The van der Waals surface area contributed by atoms with Crippen molar-refractivity contribution >= 4 is 5.91 Å². The minimum Gasteiger partial charge on any atom is -0.345 e. The average Bonchev–Trinajstić information content (AvgIpc) is 2.68. The number of nitrogens with one attached hydrogen (secondary N) is 1. The number of carbonyl (C=O) groups is 1. The van der Waals surface area contributed by atoms with Gasteiger partial charge in [0.25, 0.3) is 11.5 Å². The molecule has 0 aliphatic rings. The van der Waals surface area contributed by atoms with Gasteiger partial charge in [0.2, 0.25) is 5.69 Å². The molecule has 0 bridgehead atoms. The number of carbonyl (C=O) groups excluding carboxylic acids is 1. The SMILES string of the molecule is CCn1c(=O)c(C(=O)NCc2ccccn2)nn(-c2ccccc2F)c1=O. The standard InChI is InChI=1S/C18H16FN5O3/c1-2-23-17(26)15(16(25)21-11-12-7-5-6-10-20-12)22-24(18(23)27)14-9-4-3-8-13(14)19/h3-10H,2,11H2,1H3,(H,21,25). The van der Waals surface area contributed by atoms with Gasteiger partial charge in [0.05, 0.1) is 12.2 Å². The highest BCUT2D eigenvalue weighted by atomic mass is 19.1. The number of hydrogen-bond donors (Lipinski definition) is 1. The summed E-state index contributed by atoms with van der Waals surface area (Å²) in [5, 5.41) is 6.36. The summed E-state index contributed by atoms with van der Waals surface area (Å²) in [6, 6.07) is 10.7. The van der Waals surface area contributed by atoms with Crippen LogP contribution in [-0.2, 0) is 13.1 Å². The van der Waals surface area contributed by atoms with Crippen LogP contribution < -0.4 is 16.6 Å². The monoisotopic (exact) mass is 369 g/mol. The van der Waals surface area contributed by atoms with Gasteiger partial charge in [-0.25, -0.2) is 9.18 Å². The minimum atomic E-state index is -0.839. The average molecular weight is 369 g/mol. The quantitative estimate of drug-likeness (QED) is 0.720. The first-order valence-electron chi connectivity index (χ1n) is 8.20. The molecule has 0 radical (unpaired) electrons. The van der Waals surface area contributed by atoms with Gasteiger partial charge in [0, 0.05) is 12.7 Å². The number of aromatic nitrogens is 4. The van der Waals surface area contributed by atoms with Crippen molar-refractivity contribution in [2.75, 3.05) is 0 Å². The van der Waals surface area contributed by atoms with Crippen LogP contribution in [0.15, 0.2) is 58.3 Å². The summed E-state index contributed by atoms with van der Waals surface area (Å²) >= 11 is 0. The molecule has 9 heteroatoms. The number of nitrogens with zero attached hydrogens (tertiary/aromatic N) is 4. The molecule has 0 unspecified atom stereocenters. The van der Waals surface area contributed by atoms with E-state index < -0.39 is 28.7 Å². The van der Waals surface area contributed by atoms with Crippen LogP contribution in [0.4, 0.5) is 4.39 Å². The normalized spacial score (nSPS) is 10.6. The van der Waals surface area contributed by atoms with Crippen molar-refractivity contribution in [2.45, 2.75) is 20.0 Å². The molecule has 2 aromatic heterocycles. The van der Waals surface area contributed by atoms with E-state index >= 15 is 0 Å². The lowest BCUT2D eigenvalue weighted by atomic mass is 10.3. The smallest absolute Gasteiger partial charge is 0.345 e. The van der Waals surface area contributed by atoms with Gasteiger partial charge in [-0.05, 0) is 31.2 Å². The number of halogens is 1. The molecule has 0 atom stereocenters. The van der Waals surface area contributed by atoms with Crippen molar-refractivity contribution in [1.29, 1.82) is 0 Å². The summed E-state index contributed by atoms with van der Waals surface area (Å²) in [4.78, 5) is 41.5. The highest BCUT2D eigenvalue weighted by Gasteiger charge is 2.20. The molecule has 0 fully saturated rings. The number of hydrogen-bond acceptors (Lipinski definition) is 5. The van der Waals surface area contributed by atoms with Crippen LogP contribution >= 0.6 is 0 Å². The zero-order valence-electron chi connectivity index (χ0n) is 14.4. The second kappa shape index (κ2) is 7.73. The predicted octanol–water partition coefficient (Wildman–Crippen LogP) is 0.878. The molecule has 138 valence electrons. The third kappa shape index (κ3) is 3.66. The molecule has 1 aromatic carbocycles. The van der Waals surface area contributed by atoms with Crippen molar-refractivity contribution in [1.82, 2.24) is 24.6 Å². The number of para-hydroxylation sites is 1. The van der Waals surface area contributed by atoms with Gasteiger partial charge in [-0.2, -0.15) is 9.78 Å². The second-order valence-electron chi connectivity index (χ2n) is 5.55. The van der Waals surface area contributed by atoms with E-state index in [0.717, 1.165) is 15.3 Å². The molecular weight excluding hydrogens is 353 g/mol. The van der Waals surface area contributed by atoms with E-state index in [9.17, 15) is 18.8 Å². The summed E-state index contributed by atoms with van der Waals surface area (Å²) in [5.41, 5.74) is -1.73. The van der Waals surface area contributed by atoms with Gasteiger partial charge in [-0.3, -0.25) is 19.1 Å². The maximum atomic E-state index is 14.1. The van der Waals surface area contributed by atoms with E-state index in [1.165, 1.54) is 18.2 Å². The van der Waals surface area contributed by atoms with Gasteiger partial charge in [0.1, 0.15) is 11.5 Å². The third-order valence-electron chi connectivity index (χ3n) is 3.83. The first-order chi connectivity index (χ1) is 13.0. The number of benzene rings is 1. The van der Waals surface area contributed by atoms with Gasteiger partial charge in [-0.1, -0.05) is 18.2 Å². The molecule has 8 nitrogen and oxygen atoms in total. The van der Waals surface area contributed by atoms with Crippen LogP contribution in [0.3, 0.4) is 0 Å². The van der Waals surface area contributed by atoms with Crippen molar-refractivity contribution in [3.8, 4) is 5.69 Å². The molecular formula is C18H16FN5O3.